The number of hydrogen-bond donors (Lipinski definition) is 1. The van der Waals surface area contributed by atoms with E-state index in [1.54, 1.807) is 6.26 Å². The summed E-state index contributed by atoms with van der Waals surface area (Å²) in [5, 5.41) is 4.49. The van der Waals surface area contributed by atoms with Gasteiger partial charge in [-0.25, -0.2) is 0 Å². The van der Waals surface area contributed by atoms with E-state index in [0.29, 0.717) is 12.6 Å². The van der Waals surface area contributed by atoms with Gasteiger partial charge in [-0.2, -0.15) is 0 Å². The third-order valence-electron chi connectivity index (χ3n) is 5.10. The van der Waals surface area contributed by atoms with E-state index in [-0.39, 0.29) is 0 Å². The highest BCUT2D eigenvalue weighted by atomic mass is 32.1. The number of rotatable bonds is 5. The molecule has 0 bridgehead atoms. The fraction of sp³-hybridized carbons (Fsp3) is 0.500. The number of hydrogen-bond acceptors (Lipinski definition) is 2. The lowest BCUT2D eigenvalue weighted by atomic mass is 9.97. The zero-order chi connectivity index (χ0) is 18.2. The van der Waals surface area contributed by atoms with Crippen molar-refractivity contribution in [2.75, 3.05) is 0 Å². The van der Waals surface area contributed by atoms with Crippen LogP contribution in [0, 0.1) is 6.92 Å². The molecule has 0 aliphatic heterocycles. The summed E-state index contributed by atoms with van der Waals surface area (Å²) in [4.78, 5) is 2.22. The van der Waals surface area contributed by atoms with Gasteiger partial charge in [-0.3, -0.25) is 0 Å². The standard InChI is InChI=1S/C22H30N2OS/c1-18-9-7-10-19(15-18)16-24(17-21-13-8-14-25-21)22(26)23-20-11-5-3-2-4-6-12-20/h7-10,13-15,20H,2-6,11-12,16-17H2,1H3,(H,23,26). The molecule has 0 radical (unpaired) electrons. The van der Waals surface area contributed by atoms with Gasteiger partial charge in [0.2, 0.25) is 0 Å². The van der Waals surface area contributed by atoms with Gasteiger partial charge in [-0.15, -0.1) is 0 Å². The predicted octanol–water partition coefficient (Wildman–Crippen LogP) is 5.58. The zero-order valence-corrected chi connectivity index (χ0v) is 16.6. The zero-order valence-electron chi connectivity index (χ0n) is 15.7. The molecule has 26 heavy (non-hydrogen) atoms. The van der Waals surface area contributed by atoms with E-state index in [1.807, 2.05) is 12.1 Å². The molecule has 1 aromatic carbocycles. The molecule has 0 atom stereocenters. The lowest BCUT2D eigenvalue weighted by molar-refractivity contribution is 0.338. The summed E-state index contributed by atoms with van der Waals surface area (Å²) in [7, 11) is 0. The maximum Gasteiger partial charge on any atom is 0.169 e. The SMILES string of the molecule is Cc1cccc(CN(Cc2ccco2)C(=S)NC2CCCCCCC2)c1. The molecule has 1 heterocycles. The van der Waals surface area contributed by atoms with E-state index >= 15 is 0 Å². The van der Waals surface area contributed by atoms with E-state index in [4.69, 9.17) is 16.6 Å². The second-order valence-electron chi connectivity index (χ2n) is 7.42. The Hall–Kier alpha value is -1.81. The van der Waals surface area contributed by atoms with Crippen molar-refractivity contribution < 1.29 is 4.42 Å². The van der Waals surface area contributed by atoms with E-state index in [0.717, 1.165) is 17.4 Å². The Labute approximate surface area is 162 Å². The number of nitrogens with zero attached hydrogens (tertiary/aromatic N) is 1. The number of aryl methyl sites for hydroxylation is 1. The Balaban J connectivity index is 1.67. The van der Waals surface area contributed by atoms with Crippen molar-refractivity contribution >= 4 is 17.3 Å². The average molecular weight is 371 g/mol. The Kier molecular flexibility index (Phi) is 7.13. The average Bonchev–Trinajstić information content (AvgIpc) is 3.09. The van der Waals surface area contributed by atoms with Crippen LogP contribution in [-0.2, 0) is 13.1 Å². The van der Waals surface area contributed by atoms with Crippen LogP contribution in [0.2, 0.25) is 0 Å². The molecule has 1 aliphatic carbocycles. The highest BCUT2D eigenvalue weighted by Gasteiger charge is 2.17. The third-order valence-corrected chi connectivity index (χ3v) is 5.48. The topological polar surface area (TPSA) is 28.4 Å². The number of nitrogens with one attached hydrogen (secondary N) is 1. The van der Waals surface area contributed by atoms with E-state index in [1.165, 1.54) is 56.1 Å². The van der Waals surface area contributed by atoms with Gasteiger partial charge in [0.25, 0.3) is 0 Å². The van der Waals surface area contributed by atoms with Crippen LogP contribution < -0.4 is 5.32 Å². The summed E-state index contributed by atoms with van der Waals surface area (Å²) >= 11 is 5.81. The number of benzene rings is 1. The van der Waals surface area contributed by atoms with Gasteiger partial charge in [0, 0.05) is 12.6 Å². The van der Waals surface area contributed by atoms with Gasteiger partial charge in [-0.05, 0) is 49.7 Å². The fourth-order valence-electron chi connectivity index (χ4n) is 3.69. The van der Waals surface area contributed by atoms with Crippen molar-refractivity contribution in [3.05, 3.63) is 59.5 Å². The molecule has 1 saturated carbocycles. The largest absolute Gasteiger partial charge is 0.467 e. The molecule has 1 fully saturated rings. The van der Waals surface area contributed by atoms with Gasteiger partial charge in [0.1, 0.15) is 5.76 Å². The first-order valence-corrected chi connectivity index (χ1v) is 10.2. The van der Waals surface area contributed by atoms with Crippen molar-refractivity contribution in [3.63, 3.8) is 0 Å². The molecule has 0 saturated heterocycles. The smallest absolute Gasteiger partial charge is 0.169 e. The number of thiocarbonyl (C=S) groups is 1. The molecule has 4 heteroatoms. The monoisotopic (exact) mass is 370 g/mol. The maximum atomic E-state index is 5.81. The summed E-state index contributed by atoms with van der Waals surface area (Å²) in [6, 6.07) is 13.1. The molecule has 0 spiro atoms. The molecular formula is C22H30N2OS. The highest BCUT2D eigenvalue weighted by Crippen LogP contribution is 2.18. The second kappa shape index (κ2) is 9.77. The Morgan fingerprint density at radius 2 is 1.85 bits per heavy atom. The predicted molar refractivity (Wildman–Crippen MR) is 111 cm³/mol. The molecular weight excluding hydrogens is 340 g/mol. The van der Waals surface area contributed by atoms with Gasteiger partial charge < -0.3 is 14.6 Å². The van der Waals surface area contributed by atoms with Crippen LogP contribution in [0.25, 0.3) is 0 Å². The Bertz CT molecular complexity index is 675. The van der Waals surface area contributed by atoms with Crippen molar-refractivity contribution in [1.29, 1.82) is 0 Å². The summed E-state index contributed by atoms with van der Waals surface area (Å²) in [6.45, 7) is 3.62. The minimum absolute atomic E-state index is 0.499. The second-order valence-corrected chi connectivity index (χ2v) is 7.80. The minimum atomic E-state index is 0.499. The molecule has 1 aliphatic rings. The molecule has 3 rings (SSSR count). The van der Waals surface area contributed by atoms with Crippen molar-refractivity contribution in [1.82, 2.24) is 10.2 Å². The van der Waals surface area contributed by atoms with Crippen LogP contribution in [-0.4, -0.2) is 16.1 Å². The molecule has 1 N–H and O–H groups in total. The quantitative estimate of drug-likeness (QED) is 0.696. The van der Waals surface area contributed by atoms with E-state index in [2.05, 4.69) is 41.4 Å². The first kappa shape index (κ1) is 19.0. The lowest BCUT2D eigenvalue weighted by Gasteiger charge is -2.29. The molecule has 0 unspecified atom stereocenters. The summed E-state index contributed by atoms with van der Waals surface area (Å²) in [6.07, 6.45) is 10.9. The fourth-order valence-corrected chi connectivity index (χ4v) is 3.98. The van der Waals surface area contributed by atoms with E-state index in [9.17, 15) is 0 Å². The molecule has 2 aromatic rings. The van der Waals surface area contributed by atoms with Crippen LogP contribution in [0.15, 0.2) is 47.1 Å². The molecule has 1 aromatic heterocycles. The van der Waals surface area contributed by atoms with Crippen LogP contribution in [0.3, 0.4) is 0 Å². The number of furan rings is 1. The highest BCUT2D eigenvalue weighted by molar-refractivity contribution is 7.80. The first-order chi connectivity index (χ1) is 12.7. The Morgan fingerprint density at radius 3 is 2.54 bits per heavy atom. The molecule has 140 valence electrons. The Morgan fingerprint density at radius 1 is 1.08 bits per heavy atom. The van der Waals surface area contributed by atoms with Crippen molar-refractivity contribution in [3.8, 4) is 0 Å². The van der Waals surface area contributed by atoms with Gasteiger partial charge in [0.15, 0.2) is 5.11 Å². The van der Waals surface area contributed by atoms with Crippen molar-refractivity contribution in [2.45, 2.75) is 71.0 Å². The summed E-state index contributed by atoms with van der Waals surface area (Å²) < 4.78 is 5.57. The summed E-state index contributed by atoms with van der Waals surface area (Å²) in [5.41, 5.74) is 2.55. The van der Waals surface area contributed by atoms with Gasteiger partial charge >= 0.3 is 0 Å². The summed E-state index contributed by atoms with van der Waals surface area (Å²) in [5.74, 6) is 0.944. The van der Waals surface area contributed by atoms with Gasteiger partial charge in [0.05, 0.1) is 12.8 Å². The van der Waals surface area contributed by atoms with Crippen LogP contribution in [0.1, 0.15) is 61.8 Å². The van der Waals surface area contributed by atoms with Crippen LogP contribution in [0.4, 0.5) is 0 Å². The molecule has 0 amide bonds. The maximum absolute atomic E-state index is 5.81. The van der Waals surface area contributed by atoms with Crippen LogP contribution >= 0.6 is 12.2 Å². The first-order valence-electron chi connectivity index (χ1n) is 9.84. The third kappa shape index (κ3) is 5.87. The van der Waals surface area contributed by atoms with Crippen molar-refractivity contribution in [2.24, 2.45) is 0 Å². The lowest BCUT2D eigenvalue weighted by Crippen LogP contribution is -2.44. The molecule has 3 nitrogen and oxygen atoms in total. The van der Waals surface area contributed by atoms with Crippen LogP contribution in [0.5, 0.6) is 0 Å². The minimum Gasteiger partial charge on any atom is -0.467 e. The van der Waals surface area contributed by atoms with Gasteiger partial charge in [-0.1, -0.05) is 61.9 Å². The van der Waals surface area contributed by atoms with E-state index < -0.39 is 0 Å². The normalized spacial score (nSPS) is 15.9.